The van der Waals surface area contributed by atoms with Gasteiger partial charge in [-0.25, -0.2) is 5.21 Å². The Morgan fingerprint density at radius 2 is 1.83 bits per heavy atom. The van der Waals surface area contributed by atoms with Crippen LogP contribution in [0.4, 0.5) is 11.4 Å². The predicted molar refractivity (Wildman–Crippen MR) is 131 cm³/mol. The maximum absolute atomic E-state index is 13.5. The third kappa shape index (κ3) is 4.24. The second-order valence-corrected chi connectivity index (χ2v) is 8.42. The van der Waals surface area contributed by atoms with Gasteiger partial charge in [0.05, 0.1) is 11.6 Å². The molecule has 4 N–H and O–H groups in total. The number of hydrogen-bond donors (Lipinski definition) is 4. The van der Waals surface area contributed by atoms with E-state index in [0.717, 1.165) is 0 Å². The molecule has 36 heavy (non-hydrogen) atoms. The van der Waals surface area contributed by atoms with E-state index in [2.05, 4.69) is 5.32 Å². The van der Waals surface area contributed by atoms with Gasteiger partial charge in [-0.15, -0.1) is 0 Å². The van der Waals surface area contributed by atoms with Crippen molar-refractivity contribution in [3.8, 4) is 17.2 Å². The summed E-state index contributed by atoms with van der Waals surface area (Å²) in [5.74, 6) is 0.207. The third-order valence-corrected chi connectivity index (χ3v) is 6.22. The number of aromatic nitrogens is 1. The number of ketones is 1. The Bertz CT molecular complexity index is 1510. The number of hydrogen-bond acceptors (Lipinski definition) is 8. The fraction of sp³-hybridized carbons (Fsp3) is 0.154. The molecule has 2 heterocycles. The Morgan fingerprint density at radius 3 is 2.58 bits per heavy atom. The van der Waals surface area contributed by atoms with Gasteiger partial charge in [-0.05, 0) is 42.0 Å². The van der Waals surface area contributed by atoms with Crippen LogP contribution in [-0.4, -0.2) is 27.5 Å². The number of Topliss-reactive ketones (excluding diaryl/α,β-unsaturated/α-hetero) is 1. The molecule has 184 valence electrons. The number of anilines is 1. The SMILES string of the molecule is Cn1c(=O)c(C(=O)C[C@H](Nc2ccc([NH+]([O-])O)cc2)c2ccc3c(c2)OCO3)c(O)c2ccccc21. The fourth-order valence-corrected chi connectivity index (χ4v) is 4.31. The van der Waals surface area contributed by atoms with E-state index in [-0.39, 0.29) is 30.2 Å². The van der Waals surface area contributed by atoms with Crippen molar-refractivity contribution >= 4 is 28.1 Å². The number of para-hydroxylation sites is 1. The van der Waals surface area contributed by atoms with Crippen LogP contribution in [0.1, 0.15) is 28.4 Å². The summed E-state index contributed by atoms with van der Waals surface area (Å²) in [4.78, 5) is 26.5. The Labute approximate surface area is 205 Å². The van der Waals surface area contributed by atoms with Gasteiger partial charge in [0.2, 0.25) is 6.79 Å². The van der Waals surface area contributed by atoms with E-state index in [1.165, 1.54) is 16.7 Å². The largest absolute Gasteiger partial charge is 0.595 e. The topological polar surface area (TPSA) is 138 Å². The summed E-state index contributed by atoms with van der Waals surface area (Å²) in [6.07, 6.45) is -0.165. The predicted octanol–water partition coefficient (Wildman–Crippen LogP) is 2.80. The minimum absolute atomic E-state index is 0.0907. The van der Waals surface area contributed by atoms with Crippen molar-refractivity contribution in [2.45, 2.75) is 12.5 Å². The first-order valence-electron chi connectivity index (χ1n) is 11.2. The van der Waals surface area contributed by atoms with E-state index in [1.807, 2.05) is 0 Å². The van der Waals surface area contributed by atoms with Crippen LogP contribution >= 0.6 is 0 Å². The molecule has 1 aliphatic rings. The van der Waals surface area contributed by atoms with E-state index in [0.29, 0.717) is 33.7 Å². The van der Waals surface area contributed by atoms with Crippen molar-refractivity contribution in [2.75, 3.05) is 12.1 Å². The average Bonchev–Trinajstić information content (AvgIpc) is 3.35. The van der Waals surface area contributed by atoms with Crippen LogP contribution in [0, 0.1) is 5.21 Å². The Kier molecular flexibility index (Phi) is 6.06. The molecule has 0 bridgehead atoms. The summed E-state index contributed by atoms with van der Waals surface area (Å²) >= 11 is 0. The number of benzene rings is 3. The highest BCUT2D eigenvalue weighted by Crippen LogP contribution is 2.37. The van der Waals surface area contributed by atoms with E-state index in [9.17, 15) is 25.1 Å². The molecule has 5 rings (SSSR count). The second-order valence-electron chi connectivity index (χ2n) is 8.42. The lowest BCUT2D eigenvalue weighted by Crippen LogP contribution is -2.99. The third-order valence-electron chi connectivity index (χ3n) is 6.22. The quantitative estimate of drug-likeness (QED) is 0.230. The normalized spacial score (nSPS) is 14.0. The summed E-state index contributed by atoms with van der Waals surface area (Å²) in [7, 11) is 1.55. The smallest absolute Gasteiger partial charge is 0.265 e. The molecule has 2 atom stereocenters. The molecule has 1 unspecified atom stereocenters. The maximum atomic E-state index is 13.5. The summed E-state index contributed by atoms with van der Waals surface area (Å²) in [6, 6.07) is 17.6. The molecule has 0 fully saturated rings. The zero-order valence-corrected chi connectivity index (χ0v) is 19.2. The molecule has 10 heteroatoms. The Hall–Kier alpha value is -4.38. The molecule has 10 nitrogen and oxygen atoms in total. The minimum Gasteiger partial charge on any atom is -0.595 e. The van der Waals surface area contributed by atoms with E-state index >= 15 is 0 Å². The van der Waals surface area contributed by atoms with Gasteiger partial charge in [0.15, 0.2) is 23.0 Å². The summed E-state index contributed by atoms with van der Waals surface area (Å²) in [5, 5.41) is 33.8. The first kappa shape index (κ1) is 23.4. The molecule has 0 saturated carbocycles. The second kappa shape index (κ2) is 9.34. The summed E-state index contributed by atoms with van der Waals surface area (Å²) < 4.78 is 12.2. The van der Waals surface area contributed by atoms with Crippen LogP contribution in [-0.2, 0) is 7.05 Å². The molecule has 1 aliphatic heterocycles. The number of aryl methyl sites for hydroxylation is 1. The van der Waals surface area contributed by atoms with Crippen LogP contribution < -0.4 is 25.6 Å². The van der Waals surface area contributed by atoms with Crippen molar-refractivity contribution in [2.24, 2.45) is 7.05 Å². The van der Waals surface area contributed by atoms with Crippen molar-refractivity contribution < 1.29 is 29.8 Å². The zero-order valence-electron chi connectivity index (χ0n) is 19.2. The van der Waals surface area contributed by atoms with E-state index < -0.39 is 22.6 Å². The Balaban J connectivity index is 1.52. The van der Waals surface area contributed by atoms with E-state index in [1.54, 1.807) is 61.6 Å². The molecule has 0 amide bonds. The number of fused-ring (bicyclic) bond motifs is 2. The molecule has 4 aromatic rings. The highest BCUT2D eigenvalue weighted by atomic mass is 16.8. The average molecular weight is 489 g/mol. The van der Waals surface area contributed by atoms with Crippen LogP contribution in [0.25, 0.3) is 10.9 Å². The molecule has 0 radical (unpaired) electrons. The van der Waals surface area contributed by atoms with Crippen LogP contribution in [0.2, 0.25) is 0 Å². The van der Waals surface area contributed by atoms with Gasteiger partial charge in [-0.3, -0.25) is 9.59 Å². The Morgan fingerprint density at radius 1 is 1.11 bits per heavy atom. The van der Waals surface area contributed by atoms with Crippen molar-refractivity contribution in [1.29, 1.82) is 0 Å². The van der Waals surface area contributed by atoms with Gasteiger partial charge in [0, 0.05) is 36.7 Å². The standard InChI is InChI=1S/C26H23N3O7/c1-28-20-5-3-2-4-18(20)25(31)24(26(28)32)21(30)13-19(15-6-11-22-23(12-15)36-14-35-22)27-16-7-9-17(10-8-16)29(33)34/h2-12,19,27,29,31,33H,13-14H2,1H3/t19-/m0/s1. The lowest BCUT2D eigenvalue weighted by atomic mass is 9.96. The van der Waals surface area contributed by atoms with E-state index in [4.69, 9.17) is 9.47 Å². The number of quaternary nitrogens is 1. The highest BCUT2D eigenvalue weighted by molar-refractivity contribution is 6.03. The number of rotatable bonds is 7. The zero-order chi connectivity index (χ0) is 25.4. The lowest BCUT2D eigenvalue weighted by Gasteiger charge is -2.21. The number of nitrogens with one attached hydrogen (secondary N) is 2. The number of carbonyl (C=O) groups excluding carboxylic acids is 1. The summed E-state index contributed by atoms with van der Waals surface area (Å²) in [6.45, 7) is 0.0907. The lowest BCUT2D eigenvalue weighted by molar-refractivity contribution is -0.991. The first-order chi connectivity index (χ1) is 17.3. The molecule has 1 aromatic heterocycles. The number of pyridine rings is 1. The van der Waals surface area contributed by atoms with Crippen molar-refractivity contribution in [1.82, 2.24) is 4.57 Å². The van der Waals surface area contributed by atoms with Crippen molar-refractivity contribution in [3.63, 3.8) is 0 Å². The number of aromatic hydroxyl groups is 1. The van der Waals surface area contributed by atoms with Crippen LogP contribution in [0.5, 0.6) is 17.2 Å². The molecule has 0 spiro atoms. The van der Waals surface area contributed by atoms with Gasteiger partial charge in [-0.2, -0.15) is 5.23 Å². The number of nitrogens with zero attached hydrogens (tertiary/aromatic N) is 1. The number of carbonyl (C=O) groups is 1. The highest BCUT2D eigenvalue weighted by Gasteiger charge is 2.26. The molecule has 3 aromatic carbocycles. The molecular weight excluding hydrogens is 466 g/mol. The van der Waals surface area contributed by atoms with Crippen molar-refractivity contribution in [3.05, 3.63) is 93.4 Å². The van der Waals surface area contributed by atoms with Crippen LogP contribution in [0.3, 0.4) is 0 Å². The van der Waals surface area contributed by atoms with Gasteiger partial charge in [-0.1, -0.05) is 18.2 Å². The first-order valence-corrected chi connectivity index (χ1v) is 11.2. The molecule has 0 saturated heterocycles. The monoisotopic (exact) mass is 489 g/mol. The fourth-order valence-electron chi connectivity index (χ4n) is 4.31. The van der Waals surface area contributed by atoms with Gasteiger partial charge >= 0.3 is 0 Å². The maximum Gasteiger partial charge on any atom is 0.265 e. The van der Waals surface area contributed by atoms with Gasteiger partial charge < -0.3 is 29.7 Å². The van der Waals surface area contributed by atoms with Gasteiger partial charge in [0.1, 0.15) is 11.3 Å². The molecular formula is C26H23N3O7. The summed E-state index contributed by atoms with van der Waals surface area (Å²) in [5.41, 5.74) is 1.02. The van der Waals surface area contributed by atoms with Gasteiger partial charge in [0.25, 0.3) is 5.56 Å². The molecule has 0 aliphatic carbocycles. The number of ether oxygens (including phenoxy) is 2. The van der Waals surface area contributed by atoms with Crippen LogP contribution in [0.15, 0.2) is 71.5 Å². The minimum atomic E-state index is -1.05.